The van der Waals surface area contributed by atoms with Crippen LogP contribution in [-0.4, -0.2) is 41.6 Å². The van der Waals surface area contributed by atoms with Gasteiger partial charge in [-0.1, -0.05) is 71.1 Å². The summed E-state index contributed by atoms with van der Waals surface area (Å²) in [4.78, 5) is 0. The lowest BCUT2D eigenvalue weighted by Crippen LogP contribution is -2.41. The standard InChI is InChI=1S/C32H52O4Si.CH3F/c1-9-11-12-19-26(35-31-24-15-16-25-34-31)20-13-14-22-30(36-37(7,8)32(3,4)5)28-21-17-23-29(33-6)27(28)18-10-2;1-2/h10,17,21,23,26,30-31H,2,9,11-13,15-16,18-20,24-25H2,1,3-8H3;1H3/t26-,30-,31?;/m0./s1/i;1D. The molecule has 0 aromatic heterocycles. The topological polar surface area (TPSA) is 36.9 Å². The summed E-state index contributed by atoms with van der Waals surface area (Å²) in [5.74, 6) is 7.87. The first-order valence-corrected chi connectivity index (χ1v) is 17.5. The number of halogens is 1. The van der Waals surface area contributed by atoms with Gasteiger partial charge in [-0.25, -0.2) is 0 Å². The molecule has 1 saturated heterocycles. The molecule has 1 aromatic rings. The fourth-order valence-electron chi connectivity index (χ4n) is 4.36. The van der Waals surface area contributed by atoms with Crippen molar-refractivity contribution >= 4 is 8.32 Å². The van der Waals surface area contributed by atoms with Crippen molar-refractivity contribution < 1.29 is 24.4 Å². The quantitative estimate of drug-likeness (QED) is 0.0978. The highest BCUT2D eigenvalue weighted by Crippen LogP contribution is 2.41. The molecule has 1 unspecified atom stereocenters. The molecular weight excluding hydrogens is 507 g/mol. The summed E-state index contributed by atoms with van der Waals surface area (Å²) in [6.07, 6.45) is 12.2. The van der Waals surface area contributed by atoms with E-state index in [0.29, 0.717) is 6.42 Å². The van der Waals surface area contributed by atoms with Crippen LogP contribution in [-0.2, 0) is 20.3 Å². The molecule has 2 rings (SSSR count). The Bertz CT molecular complexity index is 900. The Kier molecular flexibility index (Phi) is 16.0. The van der Waals surface area contributed by atoms with E-state index in [1.165, 1.54) is 25.7 Å². The molecule has 4 nitrogen and oxygen atoms in total. The number of alkyl halides is 1. The van der Waals surface area contributed by atoms with Gasteiger partial charge in [-0.15, -0.1) is 12.5 Å². The Labute approximate surface area is 241 Å². The van der Waals surface area contributed by atoms with Crippen LogP contribution < -0.4 is 4.74 Å². The minimum atomic E-state index is -2.07. The van der Waals surface area contributed by atoms with Crippen molar-refractivity contribution in [2.75, 3.05) is 20.9 Å². The van der Waals surface area contributed by atoms with Gasteiger partial charge >= 0.3 is 0 Å². The number of ether oxygens (including phenoxy) is 3. The number of benzene rings is 1. The molecule has 0 bridgehead atoms. The first-order valence-electron chi connectivity index (χ1n) is 15.3. The molecule has 222 valence electrons. The second-order valence-corrected chi connectivity index (χ2v) is 16.4. The minimum absolute atomic E-state index is 0.0544. The molecule has 0 N–H and O–H groups in total. The maximum Gasteiger partial charge on any atom is 0.194 e. The number of unbranched alkanes of at least 4 members (excludes halogenated alkanes) is 2. The Morgan fingerprint density at radius 3 is 2.59 bits per heavy atom. The van der Waals surface area contributed by atoms with Crippen LogP contribution in [0.4, 0.5) is 4.39 Å². The Hall–Kier alpha value is -1.65. The Morgan fingerprint density at radius 1 is 1.26 bits per heavy atom. The highest BCUT2D eigenvalue weighted by atomic mass is 28.4. The summed E-state index contributed by atoms with van der Waals surface area (Å²) in [6.45, 7) is 18.4. The molecule has 1 aromatic carbocycles. The smallest absolute Gasteiger partial charge is 0.194 e. The molecule has 0 spiro atoms. The van der Waals surface area contributed by atoms with Gasteiger partial charge in [-0.3, -0.25) is 4.39 Å². The van der Waals surface area contributed by atoms with E-state index in [1.807, 2.05) is 18.2 Å². The zero-order valence-corrected chi connectivity index (χ0v) is 26.7. The van der Waals surface area contributed by atoms with Crippen LogP contribution in [0.15, 0.2) is 30.9 Å². The second kappa shape index (κ2) is 18.6. The molecular formula is C33H55FO4Si. The first-order chi connectivity index (χ1) is 19.0. The molecule has 1 aliphatic rings. The summed E-state index contributed by atoms with van der Waals surface area (Å²) < 4.78 is 40.4. The summed E-state index contributed by atoms with van der Waals surface area (Å²) in [5, 5.41) is 0.0859. The third-order valence-electron chi connectivity index (χ3n) is 7.68. The van der Waals surface area contributed by atoms with E-state index in [0.717, 1.165) is 55.6 Å². The maximum absolute atomic E-state index is 9.96. The highest BCUT2D eigenvalue weighted by Gasteiger charge is 2.39. The molecule has 0 aliphatic carbocycles. The van der Waals surface area contributed by atoms with Gasteiger partial charge in [0.25, 0.3) is 0 Å². The molecule has 1 aliphatic heterocycles. The largest absolute Gasteiger partial charge is 0.496 e. The molecule has 6 heteroatoms. The zero-order valence-electron chi connectivity index (χ0n) is 26.7. The maximum atomic E-state index is 9.96. The van der Waals surface area contributed by atoms with E-state index >= 15 is 0 Å². The van der Waals surface area contributed by atoms with Crippen molar-refractivity contribution in [1.82, 2.24) is 0 Å². The average Bonchev–Trinajstić information content (AvgIpc) is 2.91. The zero-order chi connectivity index (χ0) is 30.0. The van der Waals surface area contributed by atoms with Crippen molar-refractivity contribution in [1.29, 1.82) is 0 Å². The molecule has 0 saturated carbocycles. The molecule has 1 fully saturated rings. The molecule has 3 atom stereocenters. The van der Waals surface area contributed by atoms with Gasteiger partial charge in [0.1, 0.15) is 11.9 Å². The predicted molar refractivity (Wildman–Crippen MR) is 165 cm³/mol. The van der Waals surface area contributed by atoms with Gasteiger partial charge in [0, 0.05) is 18.6 Å². The number of hydrogen-bond acceptors (Lipinski definition) is 4. The van der Waals surface area contributed by atoms with Crippen molar-refractivity contribution in [3.63, 3.8) is 0 Å². The summed E-state index contributed by atoms with van der Waals surface area (Å²) in [6, 6.07) is 6.17. The van der Waals surface area contributed by atoms with Gasteiger partial charge < -0.3 is 18.6 Å². The summed E-state index contributed by atoms with van der Waals surface area (Å²) in [7, 11) is -1.35. The van der Waals surface area contributed by atoms with Gasteiger partial charge in [0.15, 0.2) is 14.6 Å². The monoisotopic (exact) mass is 563 g/mol. The van der Waals surface area contributed by atoms with Crippen LogP contribution in [0.3, 0.4) is 0 Å². The molecule has 0 radical (unpaired) electrons. The summed E-state index contributed by atoms with van der Waals surface area (Å²) in [5.41, 5.74) is 2.19. The number of allylic oxidation sites excluding steroid dienone is 1. The van der Waals surface area contributed by atoms with Crippen molar-refractivity contribution in [2.24, 2.45) is 0 Å². The lowest BCUT2D eigenvalue weighted by atomic mass is 9.98. The fraction of sp³-hybridized carbons (Fsp3) is 0.697. The van der Waals surface area contributed by atoms with Crippen LogP contribution in [0, 0.1) is 11.8 Å². The van der Waals surface area contributed by atoms with E-state index in [9.17, 15) is 4.39 Å². The molecule has 0 amide bonds. The first kappa shape index (κ1) is 33.6. The van der Waals surface area contributed by atoms with Crippen molar-refractivity contribution in [2.45, 2.75) is 129 Å². The van der Waals surface area contributed by atoms with Gasteiger partial charge in [-0.2, -0.15) is 0 Å². The predicted octanol–water partition coefficient (Wildman–Crippen LogP) is 9.35. The Balaban J connectivity index is 0.00000254. The van der Waals surface area contributed by atoms with E-state index in [1.54, 1.807) is 7.11 Å². The second-order valence-electron chi connectivity index (χ2n) is 11.7. The normalized spacial score (nSPS) is 17.5. The lowest BCUT2D eigenvalue weighted by molar-refractivity contribution is -0.190. The van der Waals surface area contributed by atoms with Crippen LogP contribution in [0.25, 0.3) is 0 Å². The van der Waals surface area contributed by atoms with E-state index in [4.69, 9.17) is 20.0 Å². The van der Waals surface area contributed by atoms with Gasteiger partial charge in [0.2, 0.25) is 0 Å². The SMILES string of the molecule is C=CCc1c(OC)cccc1[C@H](C#CCC[C@H](CCCCC)OC1CCCCO1)O[Si](C)(C)C(C)(C)C.[2H]CF. The van der Waals surface area contributed by atoms with Crippen LogP contribution in [0.1, 0.15) is 104 Å². The third kappa shape index (κ3) is 12.2. The fourth-order valence-corrected chi connectivity index (χ4v) is 5.49. The number of hydrogen-bond donors (Lipinski definition) is 0. The van der Waals surface area contributed by atoms with Gasteiger partial charge in [0.05, 0.1) is 21.7 Å². The Morgan fingerprint density at radius 2 is 2.00 bits per heavy atom. The van der Waals surface area contributed by atoms with Gasteiger partial charge in [-0.05, 0) is 68.3 Å². The average molecular weight is 564 g/mol. The van der Waals surface area contributed by atoms with Crippen molar-refractivity contribution in [3.05, 3.63) is 42.0 Å². The minimum Gasteiger partial charge on any atom is -0.496 e. The van der Waals surface area contributed by atoms with E-state index in [-0.39, 0.29) is 23.5 Å². The van der Waals surface area contributed by atoms with Crippen LogP contribution in [0.5, 0.6) is 5.75 Å². The van der Waals surface area contributed by atoms with Crippen LogP contribution >= 0.6 is 0 Å². The highest BCUT2D eigenvalue weighted by molar-refractivity contribution is 6.74. The van der Waals surface area contributed by atoms with Crippen molar-refractivity contribution in [3.8, 4) is 17.6 Å². The molecule has 39 heavy (non-hydrogen) atoms. The summed E-state index contributed by atoms with van der Waals surface area (Å²) >= 11 is 0. The van der Waals surface area contributed by atoms with E-state index < -0.39 is 15.5 Å². The lowest BCUT2D eigenvalue weighted by Gasteiger charge is -2.38. The molecule has 1 heterocycles. The number of rotatable bonds is 14. The van der Waals surface area contributed by atoms with Crippen LogP contribution in [0.2, 0.25) is 18.1 Å². The number of methoxy groups -OCH3 is 1. The van der Waals surface area contributed by atoms with E-state index in [2.05, 4.69) is 65.3 Å². The third-order valence-corrected chi connectivity index (χ3v) is 12.1.